The summed E-state index contributed by atoms with van der Waals surface area (Å²) >= 11 is 1.58. The summed E-state index contributed by atoms with van der Waals surface area (Å²) in [5.74, 6) is 0.651. The first-order chi connectivity index (χ1) is 34.1. The van der Waals surface area contributed by atoms with E-state index in [1.54, 1.807) is 41.7 Å². The van der Waals surface area contributed by atoms with Gasteiger partial charge in [-0.2, -0.15) is 0 Å². The minimum absolute atomic E-state index is 0.00547. The Bertz CT molecular complexity index is 2640. The highest BCUT2D eigenvalue weighted by Gasteiger charge is 2.45. The average molecular weight is 987 g/mol. The fraction of sp³-hybridized carbons (Fsp3) is 0.453. The molecule has 0 unspecified atom stereocenters. The molecule has 7 N–H and O–H groups in total. The van der Waals surface area contributed by atoms with Gasteiger partial charge in [0, 0.05) is 96.2 Å². The number of carbonyl (C=O) groups excluding carboxylic acids is 4. The molecule has 3 aliphatic rings. The molecule has 376 valence electrons. The number of nitrogens with two attached hydrogens (primary N) is 1. The molecule has 3 aromatic carbocycles. The lowest BCUT2D eigenvalue weighted by Gasteiger charge is -2.35. The smallest absolute Gasteiger partial charge is 0.246 e. The monoisotopic (exact) mass is 986 g/mol. The third-order valence-corrected chi connectivity index (χ3v) is 14.8. The Labute approximate surface area is 419 Å². The number of likely N-dealkylation sites (tertiary alicyclic amines) is 3. The van der Waals surface area contributed by atoms with Gasteiger partial charge in [-0.25, -0.2) is 4.98 Å². The maximum atomic E-state index is 14.1. The first-order valence-electron chi connectivity index (χ1n) is 24.5. The zero-order valence-corrected chi connectivity index (χ0v) is 41.8. The molecule has 0 bridgehead atoms. The Morgan fingerprint density at radius 1 is 0.831 bits per heavy atom. The van der Waals surface area contributed by atoms with E-state index < -0.39 is 23.6 Å². The molecule has 0 saturated carbocycles. The summed E-state index contributed by atoms with van der Waals surface area (Å²) in [6.07, 6.45) is 0.556. The number of phenolic OH excluding ortho intramolecular Hbond substituents is 1. The Hall–Kier alpha value is -6.47. The molecule has 3 saturated heterocycles. The normalized spacial score (nSPS) is 19.6. The van der Waals surface area contributed by atoms with Gasteiger partial charge in [-0.1, -0.05) is 81.4 Å². The summed E-state index contributed by atoms with van der Waals surface area (Å²) in [7, 11) is 0. The molecule has 5 atom stereocenters. The number of hydrogen-bond acceptors (Lipinski definition) is 14. The van der Waals surface area contributed by atoms with Crippen LogP contribution in [0.4, 0.5) is 5.82 Å². The van der Waals surface area contributed by atoms with E-state index in [1.807, 2.05) is 81.7 Å². The number of para-hydroxylation sites is 1. The number of fused-ring (bicyclic) bond motifs is 1. The van der Waals surface area contributed by atoms with Crippen molar-refractivity contribution in [3.63, 3.8) is 0 Å². The van der Waals surface area contributed by atoms with Gasteiger partial charge in [0.05, 0.1) is 28.8 Å². The van der Waals surface area contributed by atoms with Crippen LogP contribution in [0.25, 0.3) is 21.7 Å². The maximum Gasteiger partial charge on any atom is 0.246 e. The minimum Gasteiger partial charge on any atom is -0.507 e. The predicted molar refractivity (Wildman–Crippen MR) is 272 cm³/mol. The number of nitrogens with one attached hydrogen (secondary N) is 3. The van der Waals surface area contributed by atoms with Crippen LogP contribution in [-0.4, -0.2) is 134 Å². The molecule has 2 aromatic heterocycles. The van der Waals surface area contributed by atoms with E-state index in [-0.39, 0.29) is 61.1 Å². The molecule has 0 spiro atoms. The van der Waals surface area contributed by atoms with Crippen molar-refractivity contribution in [1.82, 2.24) is 45.8 Å². The number of aromatic hydroxyl groups is 1. The molecule has 5 heterocycles. The van der Waals surface area contributed by atoms with E-state index in [9.17, 15) is 29.4 Å². The highest BCUT2D eigenvalue weighted by Crippen LogP contribution is 2.33. The van der Waals surface area contributed by atoms with E-state index >= 15 is 0 Å². The highest BCUT2D eigenvalue weighted by atomic mass is 32.1. The van der Waals surface area contributed by atoms with Gasteiger partial charge in [0.2, 0.25) is 23.6 Å². The molecule has 18 heteroatoms. The van der Waals surface area contributed by atoms with Crippen molar-refractivity contribution < 1.29 is 34.1 Å². The standard InChI is InChI=1S/C53H66N10O7S/c1-33-48(71-32-57-33)37-15-13-36(14-16-37)26-56-51(68)43-23-40(64)31-63(43)52(69)49(53(2,3)4)58-47(67)18-21-62-29-38-27-61(28-39(38)30-62)20-17-46(66)55-25-35-11-9-34(10-12-35)19-22-70-45-24-42(59-60-50(45)54)41-7-5-6-8-44(41)65/h5-16,24,32,38-40,43,49,64-65H,17-23,25-31H2,1-4H3,(H2,54,60)(H,55,66)(H,56,68)(H,58,67)/t38-,39+,40-,43+,49-/m1/s1. The molecule has 3 fully saturated rings. The third-order valence-electron chi connectivity index (χ3n) is 13.8. The number of anilines is 1. The maximum absolute atomic E-state index is 14.1. The number of phenols is 1. The number of β-amino-alcohol motifs (C(OH)–C–C–N with tert-alkyl or cyclic N) is 1. The molecule has 17 nitrogen and oxygen atoms in total. The van der Waals surface area contributed by atoms with Crippen molar-refractivity contribution in [3.8, 4) is 33.2 Å². The number of nitrogens with zero attached hydrogens (tertiary/aromatic N) is 6. The molecule has 8 rings (SSSR count). The van der Waals surface area contributed by atoms with Gasteiger partial charge in [-0.15, -0.1) is 21.5 Å². The first-order valence-corrected chi connectivity index (χ1v) is 25.3. The summed E-state index contributed by atoms with van der Waals surface area (Å²) < 4.78 is 5.93. The van der Waals surface area contributed by atoms with E-state index in [0.717, 1.165) is 59.0 Å². The molecular weight excluding hydrogens is 921 g/mol. The van der Waals surface area contributed by atoms with Crippen LogP contribution in [0.2, 0.25) is 0 Å². The second kappa shape index (κ2) is 22.7. The minimum atomic E-state index is -0.884. The van der Waals surface area contributed by atoms with E-state index in [1.165, 1.54) is 4.90 Å². The Morgan fingerprint density at radius 2 is 1.45 bits per heavy atom. The number of hydrogen-bond donors (Lipinski definition) is 6. The van der Waals surface area contributed by atoms with Gasteiger partial charge < -0.3 is 51.3 Å². The number of aromatic nitrogens is 3. The number of thiazole rings is 1. The fourth-order valence-electron chi connectivity index (χ4n) is 9.80. The lowest BCUT2D eigenvalue weighted by Crippen LogP contribution is -2.57. The van der Waals surface area contributed by atoms with Crippen LogP contribution >= 0.6 is 11.3 Å². The number of carbonyl (C=O) groups is 4. The zero-order valence-electron chi connectivity index (χ0n) is 41.0. The molecule has 71 heavy (non-hydrogen) atoms. The van der Waals surface area contributed by atoms with Crippen LogP contribution in [-0.2, 0) is 38.7 Å². The fourth-order valence-corrected chi connectivity index (χ4v) is 10.6. The SMILES string of the molecule is Cc1ncsc1-c1ccc(CNC(=O)[C@@H]2C[C@@H](O)CN2C(=O)[C@@H](NC(=O)CCN2C[C@H]3CN(CCC(=O)NCc4ccc(CCOc5cc(-c6ccccc6O)nnc5N)cc4)C[C@H]3C2)C(C)(C)C)cc1. The number of benzene rings is 3. The summed E-state index contributed by atoms with van der Waals surface area (Å²) in [6, 6.07) is 22.8. The number of amides is 4. The Balaban J connectivity index is 0.716. The van der Waals surface area contributed by atoms with Crippen molar-refractivity contribution in [2.75, 3.05) is 58.2 Å². The second-order valence-corrected chi connectivity index (χ2v) is 21.0. The zero-order chi connectivity index (χ0) is 50.2. The number of aryl methyl sites for hydroxylation is 1. The average Bonchev–Trinajstić information content (AvgIpc) is 4.15. The van der Waals surface area contributed by atoms with E-state index in [4.69, 9.17) is 10.5 Å². The summed E-state index contributed by atoms with van der Waals surface area (Å²) in [5.41, 5.74) is 13.2. The van der Waals surface area contributed by atoms with Crippen molar-refractivity contribution in [3.05, 3.63) is 107 Å². The van der Waals surface area contributed by atoms with Crippen LogP contribution in [0.3, 0.4) is 0 Å². The Morgan fingerprint density at radius 3 is 2.08 bits per heavy atom. The number of rotatable bonds is 19. The summed E-state index contributed by atoms with van der Waals surface area (Å²) in [4.78, 5) is 65.6. The molecular formula is C53H66N10O7S. The van der Waals surface area contributed by atoms with Crippen molar-refractivity contribution in [1.29, 1.82) is 0 Å². The largest absolute Gasteiger partial charge is 0.507 e. The molecule has 0 radical (unpaired) electrons. The quantitative estimate of drug-likeness (QED) is 0.0669. The number of nitrogen functional groups attached to an aromatic ring is 1. The van der Waals surface area contributed by atoms with E-state index in [0.29, 0.717) is 67.9 Å². The van der Waals surface area contributed by atoms with Crippen molar-refractivity contribution >= 4 is 40.8 Å². The first kappa shape index (κ1) is 50.9. The van der Waals surface area contributed by atoms with Gasteiger partial charge >= 0.3 is 0 Å². The summed E-state index contributed by atoms with van der Waals surface area (Å²) in [5, 5.41) is 37.9. The number of aliphatic hydroxyl groups is 1. The number of ether oxygens (including phenoxy) is 1. The van der Waals surface area contributed by atoms with Crippen LogP contribution in [0.15, 0.2) is 84.4 Å². The van der Waals surface area contributed by atoms with Crippen LogP contribution in [0.1, 0.15) is 62.4 Å². The predicted octanol–water partition coefficient (Wildman–Crippen LogP) is 4.55. The molecule has 4 amide bonds. The second-order valence-electron chi connectivity index (χ2n) is 20.2. The van der Waals surface area contributed by atoms with Gasteiger partial charge in [-0.05, 0) is 58.6 Å². The molecule has 3 aliphatic heterocycles. The third kappa shape index (κ3) is 13.1. The topological polar surface area (TPSA) is 228 Å². The van der Waals surface area contributed by atoms with Gasteiger partial charge in [0.1, 0.15) is 23.5 Å². The van der Waals surface area contributed by atoms with Crippen molar-refractivity contribution in [2.45, 2.75) is 84.7 Å². The van der Waals surface area contributed by atoms with Gasteiger partial charge in [0.25, 0.3) is 0 Å². The lowest BCUT2D eigenvalue weighted by atomic mass is 9.85. The number of aliphatic hydroxyl groups excluding tert-OH is 1. The van der Waals surface area contributed by atoms with Crippen LogP contribution < -0.4 is 26.4 Å². The molecule has 0 aliphatic carbocycles. The van der Waals surface area contributed by atoms with Crippen molar-refractivity contribution in [2.24, 2.45) is 17.3 Å². The highest BCUT2D eigenvalue weighted by molar-refractivity contribution is 7.13. The van der Waals surface area contributed by atoms with Gasteiger partial charge in [-0.3, -0.25) is 19.2 Å². The van der Waals surface area contributed by atoms with Gasteiger partial charge in [0.15, 0.2) is 11.6 Å². The lowest BCUT2D eigenvalue weighted by molar-refractivity contribution is -0.144. The Kier molecular flexibility index (Phi) is 16.3. The van der Waals surface area contributed by atoms with E-state index in [2.05, 4.69) is 40.9 Å². The van der Waals surface area contributed by atoms with Crippen LogP contribution in [0, 0.1) is 24.2 Å². The molecule has 5 aromatic rings. The summed E-state index contributed by atoms with van der Waals surface area (Å²) in [6.45, 7) is 13.6. The van der Waals surface area contributed by atoms with Crippen LogP contribution in [0.5, 0.6) is 11.5 Å².